The molecule has 0 spiro atoms. The Bertz CT molecular complexity index is 676. The summed E-state index contributed by atoms with van der Waals surface area (Å²) in [5, 5.41) is 1.19. The molecule has 0 aliphatic heterocycles. The van der Waals surface area contributed by atoms with Crippen molar-refractivity contribution in [2.45, 2.75) is 38.3 Å². The smallest absolute Gasteiger partial charge is 0.258 e. The molecule has 0 radical (unpaired) electrons. The zero-order valence-electron chi connectivity index (χ0n) is 11.5. The van der Waals surface area contributed by atoms with E-state index >= 15 is 0 Å². The van der Waals surface area contributed by atoms with E-state index in [2.05, 4.69) is 21.9 Å². The molecule has 1 aliphatic carbocycles. The van der Waals surface area contributed by atoms with Crippen LogP contribution in [0.1, 0.15) is 31.5 Å². The Hall–Kier alpha value is -1.39. The van der Waals surface area contributed by atoms with Crippen LogP contribution in [0.15, 0.2) is 23.0 Å². The predicted octanol–water partition coefficient (Wildman–Crippen LogP) is 2.95. The third-order valence-electron chi connectivity index (χ3n) is 4.06. The van der Waals surface area contributed by atoms with Gasteiger partial charge < -0.3 is 4.98 Å². The van der Waals surface area contributed by atoms with Gasteiger partial charge in [-0.25, -0.2) is 4.98 Å². The molecule has 5 heteroatoms. The third-order valence-corrected chi connectivity index (χ3v) is 4.30. The molecule has 1 saturated carbocycles. The lowest BCUT2D eigenvalue weighted by atomic mass is 10.2. The summed E-state index contributed by atoms with van der Waals surface area (Å²) >= 11 is 5.97. The van der Waals surface area contributed by atoms with Crippen molar-refractivity contribution in [1.82, 2.24) is 14.9 Å². The van der Waals surface area contributed by atoms with E-state index < -0.39 is 0 Å². The fourth-order valence-corrected chi connectivity index (χ4v) is 3.11. The Morgan fingerprint density at radius 2 is 2.15 bits per heavy atom. The topological polar surface area (TPSA) is 49.0 Å². The molecular weight excluding hydrogens is 274 g/mol. The second-order valence-electron chi connectivity index (χ2n) is 5.53. The molecule has 1 aliphatic rings. The first-order valence-corrected chi connectivity index (χ1v) is 7.40. The number of rotatable bonds is 3. The zero-order chi connectivity index (χ0) is 14.1. The van der Waals surface area contributed by atoms with Crippen LogP contribution in [0.5, 0.6) is 0 Å². The first kappa shape index (κ1) is 13.6. The van der Waals surface area contributed by atoms with Gasteiger partial charge in [0.15, 0.2) is 0 Å². The van der Waals surface area contributed by atoms with Crippen molar-refractivity contribution in [2.24, 2.45) is 0 Å². The maximum Gasteiger partial charge on any atom is 0.258 e. The lowest BCUT2D eigenvalue weighted by Gasteiger charge is -2.23. The Morgan fingerprint density at radius 3 is 2.90 bits per heavy atom. The van der Waals surface area contributed by atoms with Gasteiger partial charge in [0.1, 0.15) is 5.82 Å². The van der Waals surface area contributed by atoms with Crippen LogP contribution in [-0.2, 0) is 6.54 Å². The summed E-state index contributed by atoms with van der Waals surface area (Å²) in [6.07, 6.45) is 5.07. The van der Waals surface area contributed by atoms with Crippen LogP contribution >= 0.6 is 11.6 Å². The number of nitrogens with zero attached hydrogens (tertiary/aromatic N) is 2. The van der Waals surface area contributed by atoms with Crippen LogP contribution in [0.3, 0.4) is 0 Å². The van der Waals surface area contributed by atoms with Gasteiger partial charge in [-0.15, -0.1) is 0 Å². The Morgan fingerprint density at radius 1 is 1.40 bits per heavy atom. The van der Waals surface area contributed by atoms with Gasteiger partial charge in [0, 0.05) is 11.1 Å². The van der Waals surface area contributed by atoms with Crippen molar-refractivity contribution >= 4 is 22.5 Å². The quantitative estimate of drug-likeness (QED) is 0.946. The van der Waals surface area contributed by atoms with E-state index in [1.807, 2.05) is 0 Å². The van der Waals surface area contributed by atoms with E-state index in [-0.39, 0.29) is 5.56 Å². The third kappa shape index (κ3) is 2.72. The van der Waals surface area contributed by atoms with E-state index in [0.29, 0.717) is 34.3 Å². The van der Waals surface area contributed by atoms with Crippen molar-refractivity contribution < 1.29 is 0 Å². The summed E-state index contributed by atoms with van der Waals surface area (Å²) in [5.74, 6) is 0.708. The van der Waals surface area contributed by atoms with Gasteiger partial charge in [0.25, 0.3) is 5.56 Å². The summed E-state index contributed by atoms with van der Waals surface area (Å²) in [5.41, 5.74) is 0.567. The molecule has 1 N–H and O–H groups in total. The number of benzene rings is 1. The van der Waals surface area contributed by atoms with Crippen LogP contribution in [0.4, 0.5) is 0 Å². The highest BCUT2D eigenvalue weighted by molar-refractivity contribution is 6.31. The molecule has 0 saturated heterocycles. The number of hydrogen-bond donors (Lipinski definition) is 1. The monoisotopic (exact) mass is 291 g/mol. The molecule has 0 bridgehead atoms. The van der Waals surface area contributed by atoms with Crippen LogP contribution in [-0.4, -0.2) is 28.0 Å². The average Bonchev–Trinajstić information content (AvgIpc) is 2.91. The number of H-pyrrole nitrogens is 1. The fourth-order valence-electron chi connectivity index (χ4n) is 2.95. The Balaban J connectivity index is 1.89. The highest BCUT2D eigenvalue weighted by Crippen LogP contribution is 2.23. The van der Waals surface area contributed by atoms with Crippen LogP contribution in [0.25, 0.3) is 10.9 Å². The van der Waals surface area contributed by atoms with E-state index in [1.54, 1.807) is 18.2 Å². The number of hydrogen-bond acceptors (Lipinski definition) is 3. The van der Waals surface area contributed by atoms with Crippen molar-refractivity contribution in [1.29, 1.82) is 0 Å². The summed E-state index contributed by atoms with van der Waals surface area (Å²) in [7, 11) is 2.10. The predicted molar refractivity (Wildman–Crippen MR) is 81.1 cm³/mol. The number of fused-ring (bicyclic) bond motifs is 1. The molecule has 20 heavy (non-hydrogen) atoms. The van der Waals surface area contributed by atoms with Gasteiger partial charge >= 0.3 is 0 Å². The molecule has 1 fully saturated rings. The molecule has 2 aromatic rings. The molecule has 4 nitrogen and oxygen atoms in total. The van der Waals surface area contributed by atoms with Crippen LogP contribution < -0.4 is 5.56 Å². The van der Waals surface area contributed by atoms with Gasteiger partial charge in [0.2, 0.25) is 0 Å². The highest BCUT2D eigenvalue weighted by atomic mass is 35.5. The van der Waals surface area contributed by atoms with Gasteiger partial charge in [-0.05, 0) is 38.1 Å². The minimum Gasteiger partial charge on any atom is -0.309 e. The molecule has 3 rings (SSSR count). The molecule has 1 aromatic heterocycles. The standard InChI is InChI=1S/C15H18ClN3O/c1-19(11-4-2-3-5-11)9-14-17-13-8-10(16)6-7-12(13)15(20)18-14/h6-8,11H,2-5,9H2,1H3,(H,17,18,20). The SMILES string of the molecule is CN(Cc1nc2cc(Cl)ccc2c(=O)[nH]1)C1CCCC1. The average molecular weight is 292 g/mol. The molecule has 1 heterocycles. The normalized spacial score (nSPS) is 16.4. The molecule has 0 atom stereocenters. The first-order chi connectivity index (χ1) is 9.63. The van der Waals surface area contributed by atoms with Gasteiger partial charge in [0.05, 0.1) is 17.4 Å². The largest absolute Gasteiger partial charge is 0.309 e. The van der Waals surface area contributed by atoms with Gasteiger partial charge in [-0.3, -0.25) is 9.69 Å². The molecular formula is C15H18ClN3O. The second-order valence-corrected chi connectivity index (χ2v) is 5.96. The van der Waals surface area contributed by atoms with Gasteiger partial charge in [-0.2, -0.15) is 0 Å². The fraction of sp³-hybridized carbons (Fsp3) is 0.467. The summed E-state index contributed by atoms with van der Waals surface area (Å²) in [6.45, 7) is 0.669. The Kier molecular flexibility index (Phi) is 3.76. The summed E-state index contributed by atoms with van der Waals surface area (Å²) in [6, 6.07) is 5.78. The van der Waals surface area contributed by atoms with Crippen molar-refractivity contribution in [2.75, 3.05) is 7.05 Å². The Labute approximate surface area is 122 Å². The van der Waals surface area contributed by atoms with E-state index in [1.165, 1.54) is 25.7 Å². The molecule has 0 amide bonds. The van der Waals surface area contributed by atoms with Crippen molar-refractivity contribution in [3.05, 3.63) is 39.4 Å². The maximum atomic E-state index is 12.1. The van der Waals surface area contributed by atoms with E-state index in [9.17, 15) is 4.79 Å². The summed E-state index contributed by atoms with van der Waals surface area (Å²) < 4.78 is 0. The molecule has 1 aromatic carbocycles. The zero-order valence-corrected chi connectivity index (χ0v) is 12.3. The minimum atomic E-state index is -0.0958. The van der Waals surface area contributed by atoms with Crippen LogP contribution in [0.2, 0.25) is 5.02 Å². The number of halogens is 1. The van der Waals surface area contributed by atoms with Crippen LogP contribution in [0, 0.1) is 0 Å². The number of nitrogens with one attached hydrogen (secondary N) is 1. The van der Waals surface area contributed by atoms with Gasteiger partial charge in [-0.1, -0.05) is 24.4 Å². The molecule has 0 unspecified atom stereocenters. The first-order valence-electron chi connectivity index (χ1n) is 7.02. The number of aromatic nitrogens is 2. The summed E-state index contributed by atoms with van der Waals surface area (Å²) in [4.78, 5) is 21.7. The van der Waals surface area contributed by atoms with Crippen molar-refractivity contribution in [3.63, 3.8) is 0 Å². The maximum absolute atomic E-state index is 12.1. The number of aromatic amines is 1. The minimum absolute atomic E-state index is 0.0958. The molecule has 106 valence electrons. The highest BCUT2D eigenvalue weighted by Gasteiger charge is 2.20. The lowest BCUT2D eigenvalue weighted by Crippen LogP contribution is -2.30. The lowest BCUT2D eigenvalue weighted by molar-refractivity contribution is 0.232. The van der Waals surface area contributed by atoms with E-state index in [4.69, 9.17) is 11.6 Å². The van der Waals surface area contributed by atoms with E-state index in [0.717, 1.165) is 0 Å². The second kappa shape index (κ2) is 5.54. The van der Waals surface area contributed by atoms with Crippen molar-refractivity contribution in [3.8, 4) is 0 Å².